The average molecular weight is 348 g/mol. The Bertz CT molecular complexity index is 868. The number of hydrogen-bond acceptors (Lipinski definition) is 4. The van der Waals surface area contributed by atoms with Crippen LogP contribution in [0.5, 0.6) is 5.75 Å². The summed E-state index contributed by atoms with van der Waals surface area (Å²) in [6.07, 6.45) is 2.54. The predicted molar refractivity (Wildman–Crippen MR) is 103 cm³/mol. The van der Waals surface area contributed by atoms with Gasteiger partial charge in [0.2, 0.25) is 5.95 Å². The van der Waals surface area contributed by atoms with Gasteiger partial charge in [0, 0.05) is 0 Å². The van der Waals surface area contributed by atoms with Crippen LogP contribution >= 0.6 is 0 Å². The molecule has 3 aromatic rings. The zero-order valence-corrected chi connectivity index (χ0v) is 15.4. The highest BCUT2D eigenvalue weighted by Crippen LogP contribution is 2.37. The van der Waals surface area contributed by atoms with Gasteiger partial charge in [0.05, 0.1) is 19.2 Å². The largest absolute Gasteiger partial charge is 0.497 e. The Kier molecular flexibility index (Phi) is 4.37. The molecule has 26 heavy (non-hydrogen) atoms. The molecule has 0 bridgehead atoms. The quantitative estimate of drug-likeness (QED) is 0.751. The minimum atomic E-state index is 0.169. The average Bonchev–Trinajstić information content (AvgIpc) is 3.16. The molecular weight excluding hydrogens is 324 g/mol. The summed E-state index contributed by atoms with van der Waals surface area (Å²) in [6.45, 7) is 4.43. The van der Waals surface area contributed by atoms with Gasteiger partial charge < -0.3 is 10.1 Å². The van der Waals surface area contributed by atoms with Crippen molar-refractivity contribution in [1.29, 1.82) is 0 Å². The molecule has 2 unspecified atom stereocenters. The van der Waals surface area contributed by atoms with E-state index in [1.54, 1.807) is 13.4 Å². The highest BCUT2D eigenvalue weighted by Gasteiger charge is 2.29. The third-order valence-corrected chi connectivity index (χ3v) is 5.14. The van der Waals surface area contributed by atoms with Crippen molar-refractivity contribution in [3.05, 3.63) is 71.5 Å². The van der Waals surface area contributed by atoms with Crippen LogP contribution < -0.4 is 10.1 Å². The molecule has 1 N–H and O–H groups in total. The van der Waals surface area contributed by atoms with Gasteiger partial charge in [-0.05, 0) is 41.2 Å². The first kappa shape index (κ1) is 16.6. The number of ether oxygens (including phenoxy) is 1. The van der Waals surface area contributed by atoms with Gasteiger partial charge in [-0.2, -0.15) is 10.1 Å². The van der Waals surface area contributed by atoms with Gasteiger partial charge in [0.15, 0.2) is 0 Å². The van der Waals surface area contributed by atoms with E-state index in [2.05, 4.69) is 65.6 Å². The minimum Gasteiger partial charge on any atom is -0.497 e. The number of aromatic nitrogens is 3. The number of methoxy groups -OCH3 is 1. The number of nitrogens with one attached hydrogen (secondary N) is 1. The lowest BCUT2D eigenvalue weighted by atomic mass is 9.92. The Hall–Kier alpha value is -2.82. The third kappa shape index (κ3) is 3.05. The van der Waals surface area contributed by atoms with Crippen molar-refractivity contribution in [1.82, 2.24) is 14.8 Å². The second kappa shape index (κ2) is 6.83. The fourth-order valence-electron chi connectivity index (χ4n) is 3.56. The monoisotopic (exact) mass is 348 g/mol. The fraction of sp³-hybridized carbons (Fsp3) is 0.333. The minimum absolute atomic E-state index is 0.169. The van der Waals surface area contributed by atoms with Gasteiger partial charge in [-0.25, -0.2) is 4.68 Å². The molecular formula is C21H24N4O. The first-order chi connectivity index (χ1) is 12.7. The van der Waals surface area contributed by atoms with Crippen molar-refractivity contribution in [2.45, 2.75) is 38.3 Å². The van der Waals surface area contributed by atoms with Crippen molar-refractivity contribution in [3.63, 3.8) is 0 Å². The molecule has 2 heterocycles. The standard InChI is InChI=1S/C21H24N4O/c1-14(2)15-4-6-17(7-5-15)20-12-19(24-21-22-13-23-25(20)21)16-8-10-18(26-3)11-9-16/h4-11,13-14,19-20H,12H2,1-3H3,(H,22,23,24). The van der Waals surface area contributed by atoms with Gasteiger partial charge >= 0.3 is 0 Å². The maximum Gasteiger partial charge on any atom is 0.222 e. The fourth-order valence-corrected chi connectivity index (χ4v) is 3.56. The van der Waals surface area contributed by atoms with Gasteiger partial charge in [-0.1, -0.05) is 50.2 Å². The van der Waals surface area contributed by atoms with Crippen molar-refractivity contribution in [2.24, 2.45) is 0 Å². The number of anilines is 1. The molecule has 1 aliphatic heterocycles. The zero-order chi connectivity index (χ0) is 18.1. The van der Waals surface area contributed by atoms with E-state index in [1.165, 1.54) is 16.7 Å². The summed E-state index contributed by atoms with van der Waals surface area (Å²) in [5.74, 6) is 2.22. The summed E-state index contributed by atoms with van der Waals surface area (Å²) in [6, 6.07) is 17.5. The Morgan fingerprint density at radius 3 is 2.38 bits per heavy atom. The zero-order valence-electron chi connectivity index (χ0n) is 15.4. The van der Waals surface area contributed by atoms with Crippen LogP contribution in [0.3, 0.4) is 0 Å². The van der Waals surface area contributed by atoms with Crippen LogP contribution in [0.1, 0.15) is 55.0 Å². The number of nitrogens with zero attached hydrogens (tertiary/aromatic N) is 3. The first-order valence-corrected chi connectivity index (χ1v) is 9.05. The van der Waals surface area contributed by atoms with Gasteiger partial charge in [0.1, 0.15) is 12.1 Å². The Labute approximate surface area is 154 Å². The number of fused-ring (bicyclic) bond motifs is 1. The van der Waals surface area contributed by atoms with E-state index in [9.17, 15) is 0 Å². The van der Waals surface area contributed by atoms with Crippen LogP contribution in [0.4, 0.5) is 5.95 Å². The molecule has 4 rings (SSSR count). The van der Waals surface area contributed by atoms with E-state index < -0.39 is 0 Å². The smallest absolute Gasteiger partial charge is 0.222 e. The molecule has 1 aromatic heterocycles. The summed E-state index contributed by atoms with van der Waals surface area (Å²) in [5, 5.41) is 7.96. The van der Waals surface area contributed by atoms with Gasteiger partial charge in [0.25, 0.3) is 0 Å². The molecule has 0 radical (unpaired) electrons. The summed E-state index contributed by atoms with van der Waals surface area (Å²) >= 11 is 0. The Morgan fingerprint density at radius 1 is 1.04 bits per heavy atom. The molecule has 0 fully saturated rings. The van der Waals surface area contributed by atoms with E-state index in [0.29, 0.717) is 5.92 Å². The molecule has 0 spiro atoms. The summed E-state index contributed by atoms with van der Waals surface area (Å²) in [5.41, 5.74) is 3.85. The summed E-state index contributed by atoms with van der Waals surface area (Å²) < 4.78 is 7.26. The highest BCUT2D eigenvalue weighted by atomic mass is 16.5. The SMILES string of the molecule is COc1ccc(C2CC(c3ccc(C(C)C)cc3)n3ncnc3N2)cc1. The van der Waals surface area contributed by atoms with E-state index in [1.807, 2.05) is 16.8 Å². The van der Waals surface area contributed by atoms with Crippen LogP contribution in [0.25, 0.3) is 0 Å². The van der Waals surface area contributed by atoms with Gasteiger partial charge in [-0.3, -0.25) is 0 Å². The second-order valence-electron chi connectivity index (χ2n) is 7.07. The predicted octanol–water partition coefficient (Wildman–Crippen LogP) is 4.56. The second-order valence-corrected chi connectivity index (χ2v) is 7.07. The molecule has 2 atom stereocenters. The van der Waals surface area contributed by atoms with E-state index in [0.717, 1.165) is 18.1 Å². The number of benzene rings is 2. The molecule has 2 aromatic carbocycles. The maximum absolute atomic E-state index is 5.27. The lowest BCUT2D eigenvalue weighted by Gasteiger charge is -2.32. The molecule has 0 saturated carbocycles. The molecule has 5 heteroatoms. The highest BCUT2D eigenvalue weighted by molar-refractivity contribution is 5.40. The Balaban J connectivity index is 1.65. The van der Waals surface area contributed by atoms with E-state index in [4.69, 9.17) is 4.74 Å². The number of hydrogen-bond donors (Lipinski definition) is 1. The van der Waals surface area contributed by atoms with Crippen molar-refractivity contribution >= 4 is 5.95 Å². The van der Waals surface area contributed by atoms with Gasteiger partial charge in [-0.15, -0.1) is 0 Å². The third-order valence-electron chi connectivity index (χ3n) is 5.14. The van der Waals surface area contributed by atoms with Crippen molar-refractivity contribution in [2.75, 3.05) is 12.4 Å². The molecule has 0 saturated heterocycles. The van der Waals surface area contributed by atoms with Crippen LogP contribution in [0, 0.1) is 0 Å². The lowest BCUT2D eigenvalue weighted by molar-refractivity contribution is 0.413. The van der Waals surface area contributed by atoms with Crippen LogP contribution in [0.15, 0.2) is 54.9 Å². The molecule has 1 aliphatic rings. The van der Waals surface area contributed by atoms with Crippen LogP contribution in [-0.2, 0) is 0 Å². The van der Waals surface area contributed by atoms with E-state index >= 15 is 0 Å². The molecule has 0 aliphatic carbocycles. The van der Waals surface area contributed by atoms with Crippen LogP contribution in [-0.4, -0.2) is 21.9 Å². The van der Waals surface area contributed by atoms with Crippen molar-refractivity contribution < 1.29 is 4.74 Å². The molecule has 5 nitrogen and oxygen atoms in total. The molecule has 134 valence electrons. The Morgan fingerprint density at radius 2 is 1.73 bits per heavy atom. The maximum atomic E-state index is 5.27. The van der Waals surface area contributed by atoms with Crippen LogP contribution in [0.2, 0.25) is 0 Å². The normalized spacial score (nSPS) is 19.1. The number of rotatable bonds is 4. The summed E-state index contributed by atoms with van der Waals surface area (Å²) in [4.78, 5) is 4.40. The topological polar surface area (TPSA) is 52.0 Å². The summed E-state index contributed by atoms with van der Waals surface area (Å²) in [7, 11) is 1.69. The lowest BCUT2D eigenvalue weighted by Crippen LogP contribution is -2.28. The molecule has 0 amide bonds. The van der Waals surface area contributed by atoms with E-state index in [-0.39, 0.29) is 12.1 Å². The van der Waals surface area contributed by atoms with Crippen molar-refractivity contribution in [3.8, 4) is 5.75 Å². The first-order valence-electron chi connectivity index (χ1n) is 9.05.